The summed E-state index contributed by atoms with van der Waals surface area (Å²) >= 11 is 0. The van der Waals surface area contributed by atoms with E-state index in [9.17, 15) is 9.90 Å². The van der Waals surface area contributed by atoms with E-state index in [4.69, 9.17) is 14.5 Å². The third-order valence-electron chi connectivity index (χ3n) is 5.13. The molecule has 0 unspecified atom stereocenters. The highest BCUT2D eigenvalue weighted by Crippen LogP contribution is 2.38. The van der Waals surface area contributed by atoms with E-state index in [0.29, 0.717) is 48.8 Å². The molecule has 0 bridgehead atoms. The van der Waals surface area contributed by atoms with Crippen LogP contribution in [0.15, 0.2) is 30.5 Å². The zero-order valence-corrected chi connectivity index (χ0v) is 17.5. The molecule has 8 nitrogen and oxygen atoms in total. The molecule has 3 aromatic rings. The average molecular weight is 410 g/mol. The van der Waals surface area contributed by atoms with Gasteiger partial charge in [-0.15, -0.1) is 0 Å². The Labute approximate surface area is 175 Å². The molecular formula is C22H26N4O4. The molecule has 0 radical (unpaired) electrons. The lowest BCUT2D eigenvalue weighted by Gasteiger charge is -2.31. The van der Waals surface area contributed by atoms with Gasteiger partial charge >= 0.3 is 5.97 Å². The number of pyridine rings is 1. The summed E-state index contributed by atoms with van der Waals surface area (Å²) in [6.07, 6.45) is 1.77. The van der Waals surface area contributed by atoms with Gasteiger partial charge in [0.05, 0.1) is 42.8 Å². The molecule has 2 aromatic heterocycles. The molecule has 30 heavy (non-hydrogen) atoms. The second-order valence-electron chi connectivity index (χ2n) is 7.47. The Morgan fingerprint density at radius 3 is 2.73 bits per heavy atom. The number of esters is 1. The highest BCUT2D eigenvalue weighted by molar-refractivity contribution is 6.09. The lowest BCUT2D eigenvalue weighted by atomic mass is 10.0. The average Bonchev–Trinajstić information content (AvgIpc) is 3.17. The van der Waals surface area contributed by atoms with E-state index >= 15 is 0 Å². The molecule has 1 aromatic carbocycles. The van der Waals surface area contributed by atoms with Crippen LogP contribution in [0.2, 0.25) is 0 Å². The number of hydrogen-bond donors (Lipinski definition) is 1. The fourth-order valence-corrected chi connectivity index (χ4v) is 3.79. The van der Waals surface area contributed by atoms with E-state index in [1.807, 2.05) is 24.6 Å². The number of rotatable bonds is 5. The third-order valence-corrected chi connectivity index (χ3v) is 5.13. The molecule has 1 saturated heterocycles. The fourth-order valence-electron chi connectivity index (χ4n) is 3.79. The number of nitrogens with zero attached hydrogens (tertiary/aromatic N) is 4. The molecule has 1 aliphatic heterocycles. The predicted octanol–water partition coefficient (Wildman–Crippen LogP) is 3.40. The standard InChI is InChI=1S/C22H26N4O4/c1-4-30-22(28)18-19(15-6-5-7-16(27)12-15)24-21-17(13-23-26(21)14(2)3)20(18)25-8-10-29-11-9-25/h5-7,12-14,27H,4,8-11H2,1-3H3. The predicted molar refractivity (Wildman–Crippen MR) is 114 cm³/mol. The van der Waals surface area contributed by atoms with E-state index in [1.165, 1.54) is 0 Å². The number of ether oxygens (including phenoxy) is 2. The van der Waals surface area contributed by atoms with E-state index in [0.717, 1.165) is 11.1 Å². The Bertz CT molecular complexity index is 1070. The van der Waals surface area contributed by atoms with Crippen molar-refractivity contribution in [2.45, 2.75) is 26.8 Å². The van der Waals surface area contributed by atoms with Gasteiger partial charge in [-0.3, -0.25) is 0 Å². The smallest absolute Gasteiger partial charge is 0.342 e. The minimum atomic E-state index is -0.441. The molecule has 0 amide bonds. The van der Waals surface area contributed by atoms with E-state index in [1.54, 1.807) is 31.3 Å². The summed E-state index contributed by atoms with van der Waals surface area (Å²) in [5.74, 6) is -0.335. The van der Waals surface area contributed by atoms with Crippen molar-refractivity contribution in [1.82, 2.24) is 14.8 Å². The van der Waals surface area contributed by atoms with Crippen LogP contribution in [0.25, 0.3) is 22.3 Å². The first-order valence-corrected chi connectivity index (χ1v) is 10.2. The van der Waals surface area contributed by atoms with Gasteiger partial charge in [-0.05, 0) is 32.9 Å². The molecule has 0 aliphatic carbocycles. The van der Waals surface area contributed by atoms with Gasteiger partial charge in [-0.2, -0.15) is 5.10 Å². The topological polar surface area (TPSA) is 89.7 Å². The Hall–Kier alpha value is -3.13. The third kappa shape index (κ3) is 3.59. The zero-order valence-electron chi connectivity index (χ0n) is 17.5. The number of phenolic OH excluding ortho intramolecular Hbond substituents is 1. The van der Waals surface area contributed by atoms with Crippen molar-refractivity contribution >= 4 is 22.7 Å². The number of phenols is 1. The van der Waals surface area contributed by atoms with Crippen molar-refractivity contribution in [3.63, 3.8) is 0 Å². The number of carbonyl (C=O) groups excluding carboxylic acids is 1. The maximum absolute atomic E-state index is 13.2. The highest BCUT2D eigenvalue weighted by atomic mass is 16.5. The summed E-state index contributed by atoms with van der Waals surface area (Å²) in [6, 6.07) is 6.86. The molecular weight excluding hydrogens is 384 g/mol. The summed E-state index contributed by atoms with van der Waals surface area (Å²) in [6.45, 7) is 8.56. The minimum Gasteiger partial charge on any atom is -0.508 e. The summed E-state index contributed by atoms with van der Waals surface area (Å²) in [4.78, 5) is 20.2. The summed E-state index contributed by atoms with van der Waals surface area (Å²) < 4.78 is 12.8. The van der Waals surface area contributed by atoms with Crippen LogP contribution >= 0.6 is 0 Å². The van der Waals surface area contributed by atoms with Crippen molar-refractivity contribution in [3.05, 3.63) is 36.0 Å². The highest BCUT2D eigenvalue weighted by Gasteiger charge is 2.29. The van der Waals surface area contributed by atoms with Crippen LogP contribution in [-0.2, 0) is 9.47 Å². The van der Waals surface area contributed by atoms with Gasteiger partial charge in [0.1, 0.15) is 11.3 Å². The van der Waals surface area contributed by atoms with Crippen LogP contribution in [0.4, 0.5) is 5.69 Å². The molecule has 158 valence electrons. The SMILES string of the molecule is CCOC(=O)c1c(-c2cccc(O)c2)nc2c(cnn2C(C)C)c1N1CCOCC1. The molecule has 1 N–H and O–H groups in total. The van der Waals surface area contributed by atoms with Crippen LogP contribution < -0.4 is 4.90 Å². The van der Waals surface area contributed by atoms with Crippen LogP contribution in [0.3, 0.4) is 0 Å². The number of aromatic nitrogens is 3. The number of anilines is 1. The molecule has 0 spiro atoms. The van der Waals surface area contributed by atoms with Crippen LogP contribution in [0.5, 0.6) is 5.75 Å². The van der Waals surface area contributed by atoms with Crippen LogP contribution in [-0.4, -0.2) is 58.8 Å². The lowest BCUT2D eigenvalue weighted by Crippen LogP contribution is -2.37. The Kier molecular flexibility index (Phi) is 5.59. The van der Waals surface area contributed by atoms with Gasteiger partial charge in [0.2, 0.25) is 0 Å². The van der Waals surface area contributed by atoms with Crippen LogP contribution in [0.1, 0.15) is 37.2 Å². The summed E-state index contributed by atoms with van der Waals surface area (Å²) in [5.41, 5.74) is 2.96. The molecule has 3 heterocycles. The van der Waals surface area contributed by atoms with Crippen molar-refractivity contribution < 1.29 is 19.4 Å². The monoisotopic (exact) mass is 410 g/mol. The Morgan fingerprint density at radius 1 is 1.30 bits per heavy atom. The van der Waals surface area contributed by atoms with Crippen molar-refractivity contribution in [2.24, 2.45) is 0 Å². The van der Waals surface area contributed by atoms with Gasteiger partial charge in [0, 0.05) is 24.7 Å². The fraction of sp³-hybridized carbons (Fsp3) is 0.409. The number of hydrogen-bond acceptors (Lipinski definition) is 7. The molecule has 4 rings (SSSR count). The van der Waals surface area contributed by atoms with Gasteiger partial charge < -0.3 is 19.5 Å². The van der Waals surface area contributed by atoms with E-state index in [-0.39, 0.29) is 18.4 Å². The number of benzene rings is 1. The first-order valence-electron chi connectivity index (χ1n) is 10.2. The molecule has 0 atom stereocenters. The summed E-state index contributed by atoms with van der Waals surface area (Å²) in [5, 5.41) is 15.4. The van der Waals surface area contributed by atoms with E-state index < -0.39 is 5.97 Å². The number of carbonyl (C=O) groups is 1. The van der Waals surface area contributed by atoms with Crippen LogP contribution in [0, 0.1) is 0 Å². The Balaban J connectivity index is 2.07. The summed E-state index contributed by atoms with van der Waals surface area (Å²) in [7, 11) is 0. The Morgan fingerprint density at radius 2 is 2.07 bits per heavy atom. The maximum atomic E-state index is 13.2. The normalized spacial score (nSPS) is 14.5. The first kappa shape index (κ1) is 20.2. The molecule has 1 aliphatic rings. The van der Waals surface area contributed by atoms with Crippen molar-refractivity contribution in [2.75, 3.05) is 37.8 Å². The zero-order chi connectivity index (χ0) is 21.3. The van der Waals surface area contributed by atoms with Gasteiger partial charge in [0.25, 0.3) is 0 Å². The van der Waals surface area contributed by atoms with Gasteiger partial charge in [-0.1, -0.05) is 12.1 Å². The quantitative estimate of drug-likeness (QED) is 0.645. The molecule has 0 saturated carbocycles. The number of fused-ring (bicyclic) bond motifs is 1. The second kappa shape index (κ2) is 8.31. The lowest BCUT2D eigenvalue weighted by molar-refractivity contribution is 0.0527. The maximum Gasteiger partial charge on any atom is 0.342 e. The van der Waals surface area contributed by atoms with Crippen molar-refractivity contribution in [1.29, 1.82) is 0 Å². The first-order chi connectivity index (χ1) is 14.5. The molecule has 8 heteroatoms. The molecule has 1 fully saturated rings. The largest absolute Gasteiger partial charge is 0.508 e. The van der Waals surface area contributed by atoms with Gasteiger partial charge in [0.15, 0.2) is 5.65 Å². The van der Waals surface area contributed by atoms with Gasteiger partial charge in [-0.25, -0.2) is 14.5 Å². The number of morpholine rings is 1. The second-order valence-corrected chi connectivity index (χ2v) is 7.47. The van der Waals surface area contributed by atoms with Crippen molar-refractivity contribution in [3.8, 4) is 17.0 Å². The number of aromatic hydroxyl groups is 1. The van der Waals surface area contributed by atoms with E-state index in [2.05, 4.69) is 10.00 Å². The minimum absolute atomic E-state index is 0.0954.